The number of guanidine groups is 1. The molecule has 0 radical (unpaired) electrons. The lowest BCUT2D eigenvalue weighted by Crippen LogP contribution is -2.42. The molecule has 1 aromatic heterocycles. The van der Waals surface area contributed by atoms with Crippen LogP contribution in [0, 0.1) is 5.92 Å². The topological polar surface area (TPSA) is 62.5 Å². The second-order valence-electron chi connectivity index (χ2n) is 6.58. The van der Waals surface area contributed by atoms with Crippen LogP contribution in [0.4, 0.5) is 0 Å². The van der Waals surface area contributed by atoms with Crippen LogP contribution in [0.15, 0.2) is 15.6 Å². The predicted octanol–water partition coefficient (Wildman–Crippen LogP) is 4.30. The van der Waals surface area contributed by atoms with Gasteiger partial charge in [-0.15, -0.1) is 24.0 Å². The lowest BCUT2D eigenvalue weighted by atomic mass is 10.0. The van der Waals surface area contributed by atoms with Crippen LogP contribution >= 0.6 is 24.0 Å². The van der Waals surface area contributed by atoms with Gasteiger partial charge in [0.05, 0.1) is 5.69 Å². The average molecular weight is 436 g/mol. The summed E-state index contributed by atoms with van der Waals surface area (Å²) in [5, 5.41) is 10.8. The van der Waals surface area contributed by atoms with Crippen molar-refractivity contribution in [3.63, 3.8) is 0 Å². The van der Waals surface area contributed by atoms with Gasteiger partial charge in [-0.05, 0) is 38.5 Å². The van der Waals surface area contributed by atoms with E-state index in [1.807, 2.05) is 6.07 Å². The summed E-state index contributed by atoms with van der Waals surface area (Å²) in [5.74, 6) is 2.74. The van der Waals surface area contributed by atoms with Gasteiger partial charge in [-0.1, -0.05) is 32.9 Å². The Morgan fingerprint density at radius 3 is 2.43 bits per heavy atom. The van der Waals surface area contributed by atoms with E-state index in [-0.39, 0.29) is 24.0 Å². The summed E-state index contributed by atoms with van der Waals surface area (Å²) in [6.45, 7) is 14.3. The monoisotopic (exact) mass is 436 g/mol. The summed E-state index contributed by atoms with van der Waals surface area (Å²) in [5.41, 5.74) is 0.980. The molecule has 1 heterocycles. The molecule has 0 aromatic carbocycles. The second-order valence-corrected chi connectivity index (χ2v) is 6.58. The van der Waals surface area contributed by atoms with Crippen molar-refractivity contribution in [2.75, 3.05) is 6.54 Å². The zero-order valence-corrected chi connectivity index (χ0v) is 17.7. The van der Waals surface area contributed by atoms with Gasteiger partial charge in [-0.25, -0.2) is 4.99 Å². The molecule has 1 aromatic rings. The lowest BCUT2D eigenvalue weighted by Gasteiger charge is -2.18. The van der Waals surface area contributed by atoms with E-state index < -0.39 is 0 Å². The van der Waals surface area contributed by atoms with E-state index in [2.05, 4.69) is 62.3 Å². The highest BCUT2D eigenvalue weighted by molar-refractivity contribution is 14.0. The number of halogens is 1. The van der Waals surface area contributed by atoms with Crippen molar-refractivity contribution < 1.29 is 4.52 Å². The molecular weight excluding hydrogens is 403 g/mol. The minimum atomic E-state index is 0. The first-order valence-electron chi connectivity index (χ1n) is 8.42. The Morgan fingerprint density at radius 2 is 1.91 bits per heavy atom. The maximum atomic E-state index is 5.33. The number of aromatic nitrogens is 1. The molecule has 5 nitrogen and oxygen atoms in total. The Balaban J connectivity index is 0.00000484. The van der Waals surface area contributed by atoms with Crippen LogP contribution < -0.4 is 10.6 Å². The van der Waals surface area contributed by atoms with Crippen LogP contribution in [-0.4, -0.2) is 23.7 Å². The number of rotatable bonds is 8. The standard InChI is InChI=1S/C17H32N4O.HI/c1-7-18-17(20-14(6)9-8-12(2)3)19-11-15-10-16(13(4)5)21-22-15;/h10,12-14H,7-9,11H2,1-6H3,(H2,18,19,20);1H. The van der Waals surface area contributed by atoms with E-state index >= 15 is 0 Å². The maximum absolute atomic E-state index is 5.33. The van der Waals surface area contributed by atoms with Gasteiger partial charge in [0.25, 0.3) is 0 Å². The van der Waals surface area contributed by atoms with Gasteiger partial charge in [-0.2, -0.15) is 0 Å². The van der Waals surface area contributed by atoms with E-state index in [1.54, 1.807) is 0 Å². The third-order valence-corrected chi connectivity index (χ3v) is 3.47. The molecule has 6 heteroatoms. The molecule has 0 spiro atoms. The first-order valence-corrected chi connectivity index (χ1v) is 8.42. The van der Waals surface area contributed by atoms with Crippen LogP contribution in [-0.2, 0) is 6.54 Å². The molecule has 134 valence electrons. The summed E-state index contributed by atoms with van der Waals surface area (Å²) < 4.78 is 5.33. The van der Waals surface area contributed by atoms with Crippen molar-refractivity contribution in [3.8, 4) is 0 Å². The molecule has 0 bridgehead atoms. The fraction of sp³-hybridized carbons (Fsp3) is 0.765. The van der Waals surface area contributed by atoms with Gasteiger partial charge in [0, 0.05) is 18.7 Å². The minimum absolute atomic E-state index is 0. The molecule has 2 N–H and O–H groups in total. The van der Waals surface area contributed by atoms with Gasteiger partial charge in [0.15, 0.2) is 11.7 Å². The molecule has 23 heavy (non-hydrogen) atoms. The Bertz CT molecular complexity index is 457. The van der Waals surface area contributed by atoms with Crippen LogP contribution in [0.1, 0.15) is 71.8 Å². The van der Waals surface area contributed by atoms with E-state index in [0.717, 1.165) is 36.3 Å². The summed E-state index contributed by atoms with van der Waals surface area (Å²) in [7, 11) is 0. The van der Waals surface area contributed by atoms with Gasteiger partial charge < -0.3 is 15.2 Å². The first-order chi connectivity index (χ1) is 10.4. The Kier molecular flexibility index (Phi) is 11.3. The van der Waals surface area contributed by atoms with Crippen molar-refractivity contribution in [1.82, 2.24) is 15.8 Å². The summed E-state index contributed by atoms with van der Waals surface area (Å²) in [4.78, 5) is 4.58. The number of hydrogen-bond donors (Lipinski definition) is 2. The van der Waals surface area contributed by atoms with Gasteiger partial charge in [0.1, 0.15) is 6.54 Å². The van der Waals surface area contributed by atoms with Crippen molar-refractivity contribution in [2.45, 2.75) is 72.9 Å². The molecule has 0 aliphatic rings. The summed E-state index contributed by atoms with van der Waals surface area (Å²) in [6, 6.07) is 2.39. The molecule has 0 fully saturated rings. The fourth-order valence-electron chi connectivity index (χ4n) is 2.04. The number of aliphatic imine (C=N–C) groups is 1. The Hall–Kier alpha value is -0.790. The zero-order chi connectivity index (χ0) is 16.5. The van der Waals surface area contributed by atoms with E-state index in [9.17, 15) is 0 Å². The van der Waals surface area contributed by atoms with Crippen LogP contribution in [0.5, 0.6) is 0 Å². The molecule has 0 saturated carbocycles. The van der Waals surface area contributed by atoms with Crippen LogP contribution in [0.3, 0.4) is 0 Å². The predicted molar refractivity (Wildman–Crippen MR) is 107 cm³/mol. The summed E-state index contributed by atoms with van der Waals surface area (Å²) in [6.07, 6.45) is 2.36. The van der Waals surface area contributed by atoms with Gasteiger partial charge in [-0.3, -0.25) is 0 Å². The number of nitrogens with one attached hydrogen (secondary N) is 2. The third kappa shape index (κ3) is 9.17. The van der Waals surface area contributed by atoms with Crippen molar-refractivity contribution in [1.29, 1.82) is 0 Å². The second kappa shape index (κ2) is 11.7. The SMILES string of the molecule is CCNC(=NCc1cc(C(C)C)no1)NC(C)CCC(C)C.I. The molecule has 0 saturated heterocycles. The largest absolute Gasteiger partial charge is 0.359 e. The highest BCUT2D eigenvalue weighted by atomic mass is 127. The molecule has 0 aliphatic heterocycles. The molecular formula is C17H33IN4O. The van der Waals surface area contributed by atoms with Gasteiger partial charge >= 0.3 is 0 Å². The molecule has 1 unspecified atom stereocenters. The molecule has 0 amide bonds. The van der Waals surface area contributed by atoms with Gasteiger partial charge in [0.2, 0.25) is 0 Å². The van der Waals surface area contributed by atoms with Crippen LogP contribution in [0.2, 0.25) is 0 Å². The molecule has 0 aliphatic carbocycles. The smallest absolute Gasteiger partial charge is 0.191 e. The fourth-order valence-corrected chi connectivity index (χ4v) is 2.04. The van der Waals surface area contributed by atoms with Crippen molar-refractivity contribution >= 4 is 29.9 Å². The zero-order valence-electron chi connectivity index (χ0n) is 15.3. The highest BCUT2D eigenvalue weighted by Gasteiger charge is 2.09. The lowest BCUT2D eigenvalue weighted by molar-refractivity contribution is 0.376. The first kappa shape index (κ1) is 22.2. The third-order valence-electron chi connectivity index (χ3n) is 3.47. The van der Waals surface area contributed by atoms with E-state index in [0.29, 0.717) is 18.5 Å². The average Bonchev–Trinajstić information content (AvgIpc) is 2.92. The van der Waals surface area contributed by atoms with E-state index in [1.165, 1.54) is 6.42 Å². The van der Waals surface area contributed by atoms with E-state index in [4.69, 9.17) is 4.52 Å². The quantitative estimate of drug-likeness (QED) is 0.363. The maximum Gasteiger partial charge on any atom is 0.191 e. The minimum Gasteiger partial charge on any atom is -0.359 e. The summed E-state index contributed by atoms with van der Waals surface area (Å²) >= 11 is 0. The Morgan fingerprint density at radius 1 is 1.22 bits per heavy atom. The van der Waals surface area contributed by atoms with Crippen molar-refractivity contribution in [2.24, 2.45) is 10.9 Å². The normalized spacial score (nSPS) is 13.1. The Labute approximate surface area is 158 Å². The molecule has 1 rings (SSSR count). The van der Waals surface area contributed by atoms with Crippen molar-refractivity contribution in [3.05, 3.63) is 17.5 Å². The molecule has 1 atom stereocenters. The number of hydrogen-bond acceptors (Lipinski definition) is 3. The highest BCUT2D eigenvalue weighted by Crippen LogP contribution is 2.14. The number of nitrogens with zero attached hydrogens (tertiary/aromatic N) is 2. The van der Waals surface area contributed by atoms with Crippen LogP contribution in [0.25, 0.3) is 0 Å².